The van der Waals surface area contributed by atoms with E-state index >= 15 is 0 Å². The van der Waals surface area contributed by atoms with E-state index in [0.29, 0.717) is 5.69 Å². The monoisotopic (exact) mass is 497 g/mol. The van der Waals surface area contributed by atoms with Gasteiger partial charge in [0.2, 0.25) is 17.7 Å². The number of guanidine groups is 1. The fourth-order valence-corrected chi connectivity index (χ4v) is 2.81. The van der Waals surface area contributed by atoms with Crippen LogP contribution in [0.1, 0.15) is 31.4 Å². The molecule has 0 spiro atoms. The van der Waals surface area contributed by atoms with E-state index in [1.54, 1.807) is 0 Å². The third-order valence-electron chi connectivity index (χ3n) is 4.62. The molecule has 194 valence electrons. The molecule has 0 radical (unpaired) electrons. The van der Waals surface area contributed by atoms with E-state index in [1.807, 2.05) is 0 Å². The minimum atomic E-state index is -1.30. The van der Waals surface area contributed by atoms with Crippen LogP contribution in [0, 0.1) is 0 Å². The van der Waals surface area contributed by atoms with E-state index in [1.165, 1.54) is 12.5 Å². The highest BCUT2D eigenvalue weighted by Crippen LogP contribution is 2.03. The minimum absolute atomic E-state index is 0.0663. The number of hydrogen-bond acceptors (Lipinski definition) is 8. The number of carboxylic acid groups (broad SMARTS) is 2. The molecular formula is C19H31N9O7. The van der Waals surface area contributed by atoms with Crippen LogP contribution in [-0.4, -0.2) is 87.0 Å². The number of nitrogens with one attached hydrogen (secondary N) is 4. The first-order valence-corrected chi connectivity index (χ1v) is 10.6. The number of nitrogens with two attached hydrogens (primary N) is 3. The molecule has 0 saturated carbocycles. The lowest BCUT2D eigenvalue weighted by atomic mass is 10.1. The number of hydrogen-bond donors (Lipinski definition) is 9. The van der Waals surface area contributed by atoms with Crippen LogP contribution < -0.4 is 33.2 Å². The Kier molecular flexibility index (Phi) is 12.2. The summed E-state index contributed by atoms with van der Waals surface area (Å²) in [5, 5.41) is 25.2. The molecular weight excluding hydrogens is 466 g/mol. The molecule has 1 heterocycles. The number of carboxylic acids is 2. The summed E-state index contributed by atoms with van der Waals surface area (Å²) in [7, 11) is 0. The molecule has 0 fully saturated rings. The topological polar surface area (TPSA) is 281 Å². The zero-order valence-electron chi connectivity index (χ0n) is 18.9. The maximum absolute atomic E-state index is 12.8. The molecule has 0 saturated heterocycles. The highest BCUT2D eigenvalue weighted by molar-refractivity contribution is 5.92. The molecule has 3 amide bonds. The largest absolute Gasteiger partial charge is 0.481 e. The molecule has 0 bridgehead atoms. The molecule has 0 aliphatic rings. The zero-order chi connectivity index (χ0) is 26.4. The molecule has 16 nitrogen and oxygen atoms in total. The van der Waals surface area contributed by atoms with E-state index in [9.17, 15) is 29.1 Å². The number of rotatable bonds is 16. The molecule has 12 N–H and O–H groups in total. The Balaban J connectivity index is 2.75. The van der Waals surface area contributed by atoms with E-state index in [2.05, 4.69) is 30.9 Å². The van der Waals surface area contributed by atoms with Crippen molar-refractivity contribution in [3.63, 3.8) is 0 Å². The van der Waals surface area contributed by atoms with Crippen molar-refractivity contribution in [2.45, 2.75) is 50.2 Å². The molecule has 35 heavy (non-hydrogen) atoms. The number of aromatic nitrogens is 2. The van der Waals surface area contributed by atoms with Crippen molar-refractivity contribution in [1.29, 1.82) is 0 Å². The number of aromatic amines is 1. The maximum atomic E-state index is 12.8. The average Bonchev–Trinajstić information content (AvgIpc) is 3.30. The Hall–Kier alpha value is -4.21. The number of aliphatic imine (C=N–C) groups is 1. The SMILES string of the molecule is NC(N)=NCCCC(NC(=O)CNC(=O)C(N)CCC(=O)O)C(=O)NC(Cc1cnc[nH]1)C(=O)O. The standard InChI is InChI=1S/C19H31N9O7/c20-11(3-4-15(30)31)16(32)25-8-14(29)27-12(2-1-5-24-19(21)22)17(33)28-13(18(34)35)6-10-7-23-9-26-10/h7,9,11-13H,1-6,8,20H2,(H,23,26)(H,25,32)(H,27,29)(H,28,33)(H,30,31)(H,34,35)(H4,21,22,24). The number of aliphatic carboxylic acids is 2. The van der Waals surface area contributed by atoms with Gasteiger partial charge in [0.05, 0.1) is 18.9 Å². The third-order valence-corrected chi connectivity index (χ3v) is 4.62. The second kappa shape index (κ2) is 14.8. The Morgan fingerprint density at radius 2 is 1.77 bits per heavy atom. The van der Waals surface area contributed by atoms with Crippen LogP contribution in [0.4, 0.5) is 0 Å². The summed E-state index contributed by atoms with van der Waals surface area (Å²) >= 11 is 0. The maximum Gasteiger partial charge on any atom is 0.326 e. The smallest absolute Gasteiger partial charge is 0.326 e. The second-order valence-electron chi connectivity index (χ2n) is 7.51. The van der Waals surface area contributed by atoms with E-state index in [-0.39, 0.29) is 44.6 Å². The zero-order valence-corrected chi connectivity index (χ0v) is 18.9. The van der Waals surface area contributed by atoms with Gasteiger partial charge in [0.15, 0.2) is 5.96 Å². The fourth-order valence-electron chi connectivity index (χ4n) is 2.81. The van der Waals surface area contributed by atoms with Gasteiger partial charge in [-0.3, -0.25) is 24.2 Å². The van der Waals surface area contributed by atoms with Crippen LogP contribution in [0.15, 0.2) is 17.5 Å². The van der Waals surface area contributed by atoms with Gasteiger partial charge in [-0.15, -0.1) is 0 Å². The van der Waals surface area contributed by atoms with E-state index in [4.69, 9.17) is 22.3 Å². The highest BCUT2D eigenvalue weighted by Gasteiger charge is 2.27. The lowest BCUT2D eigenvalue weighted by Crippen LogP contribution is -2.54. The van der Waals surface area contributed by atoms with Gasteiger partial charge in [-0.25, -0.2) is 9.78 Å². The lowest BCUT2D eigenvalue weighted by molar-refractivity contribution is -0.142. The number of nitrogens with zero attached hydrogens (tertiary/aromatic N) is 2. The van der Waals surface area contributed by atoms with Gasteiger partial charge in [0, 0.05) is 31.3 Å². The van der Waals surface area contributed by atoms with Crippen molar-refractivity contribution < 1.29 is 34.2 Å². The normalized spacial score (nSPS) is 13.1. The number of amides is 3. The van der Waals surface area contributed by atoms with Crippen LogP contribution >= 0.6 is 0 Å². The number of carbonyl (C=O) groups excluding carboxylic acids is 3. The number of imidazole rings is 1. The van der Waals surface area contributed by atoms with Crippen molar-refractivity contribution in [2.24, 2.45) is 22.2 Å². The quantitative estimate of drug-likeness (QED) is 0.0610. The molecule has 0 aliphatic heterocycles. The summed E-state index contributed by atoms with van der Waals surface area (Å²) in [6, 6.07) is -3.58. The summed E-state index contributed by atoms with van der Waals surface area (Å²) < 4.78 is 0. The first kappa shape index (κ1) is 28.8. The van der Waals surface area contributed by atoms with Crippen molar-refractivity contribution >= 4 is 35.6 Å². The van der Waals surface area contributed by atoms with Gasteiger partial charge in [0.1, 0.15) is 12.1 Å². The minimum Gasteiger partial charge on any atom is -0.481 e. The fraction of sp³-hybridized carbons (Fsp3) is 0.526. The molecule has 0 aromatic carbocycles. The third kappa shape index (κ3) is 12.0. The summed E-state index contributed by atoms with van der Waals surface area (Å²) in [6.07, 6.45) is 2.62. The molecule has 1 aromatic heterocycles. The van der Waals surface area contributed by atoms with Gasteiger partial charge in [-0.2, -0.15) is 0 Å². The van der Waals surface area contributed by atoms with Crippen LogP contribution in [0.3, 0.4) is 0 Å². The van der Waals surface area contributed by atoms with Crippen LogP contribution in [0.2, 0.25) is 0 Å². The van der Waals surface area contributed by atoms with Gasteiger partial charge in [0.25, 0.3) is 0 Å². The van der Waals surface area contributed by atoms with Crippen LogP contribution in [0.25, 0.3) is 0 Å². The van der Waals surface area contributed by atoms with Gasteiger partial charge < -0.3 is 48.3 Å². The summed E-state index contributed by atoms with van der Waals surface area (Å²) in [5.41, 5.74) is 16.6. The molecule has 3 unspecified atom stereocenters. The average molecular weight is 498 g/mol. The number of carbonyl (C=O) groups is 5. The molecule has 1 aromatic rings. The van der Waals surface area contributed by atoms with Gasteiger partial charge in [-0.1, -0.05) is 0 Å². The Morgan fingerprint density at radius 1 is 1.06 bits per heavy atom. The molecule has 1 rings (SSSR count). The van der Waals surface area contributed by atoms with Crippen molar-refractivity contribution in [2.75, 3.05) is 13.1 Å². The van der Waals surface area contributed by atoms with Crippen molar-refractivity contribution in [3.8, 4) is 0 Å². The first-order valence-electron chi connectivity index (χ1n) is 10.6. The molecule has 0 aliphatic carbocycles. The predicted molar refractivity (Wildman–Crippen MR) is 122 cm³/mol. The van der Waals surface area contributed by atoms with Gasteiger partial charge >= 0.3 is 11.9 Å². The predicted octanol–water partition coefficient (Wildman–Crippen LogP) is -3.63. The van der Waals surface area contributed by atoms with Crippen LogP contribution in [0.5, 0.6) is 0 Å². The molecule has 3 atom stereocenters. The lowest BCUT2D eigenvalue weighted by Gasteiger charge is -2.21. The van der Waals surface area contributed by atoms with Crippen LogP contribution in [-0.2, 0) is 30.4 Å². The van der Waals surface area contributed by atoms with Crippen molar-refractivity contribution in [3.05, 3.63) is 18.2 Å². The highest BCUT2D eigenvalue weighted by atomic mass is 16.4. The Morgan fingerprint density at radius 3 is 2.34 bits per heavy atom. The summed E-state index contributed by atoms with van der Waals surface area (Å²) in [4.78, 5) is 69.5. The van der Waals surface area contributed by atoms with Gasteiger partial charge in [-0.05, 0) is 19.3 Å². The summed E-state index contributed by atoms with van der Waals surface area (Å²) in [6.45, 7) is -0.374. The van der Waals surface area contributed by atoms with E-state index < -0.39 is 54.3 Å². The Bertz CT molecular complexity index is 900. The van der Waals surface area contributed by atoms with E-state index in [0.717, 1.165) is 0 Å². The first-order chi connectivity index (χ1) is 16.5. The number of H-pyrrole nitrogens is 1. The second-order valence-corrected chi connectivity index (χ2v) is 7.51. The molecule has 16 heteroatoms. The Labute approximate surface area is 200 Å². The summed E-state index contributed by atoms with van der Waals surface area (Å²) in [5.74, 6) is -4.80. The van der Waals surface area contributed by atoms with Crippen molar-refractivity contribution in [1.82, 2.24) is 25.9 Å².